The number of aromatic nitrogens is 3. The molecule has 0 spiro atoms. The largest absolute Gasteiger partial charge is 0.494 e. The average Bonchev–Trinajstić information content (AvgIpc) is 3.04. The van der Waals surface area contributed by atoms with E-state index in [1.807, 2.05) is 46.9 Å². The second-order valence-electron chi connectivity index (χ2n) is 6.82. The summed E-state index contributed by atoms with van der Waals surface area (Å²) < 4.78 is 8.08. The first-order chi connectivity index (χ1) is 13.1. The molecular formula is C20H26N4O2S. The molecule has 1 aliphatic heterocycles. The predicted molar refractivity (Wildman–Crippen MR) is 108 cm³/mol. The summed E-state index contributed by atoms with van der Waals surface area (Å²) in [7, 11) is 1.91. The van der Waals surface area contributed by atoms with Crippen LogP contribution in [-0.4, -0.2) is 45.3 Å². The number of benzene rings is 1. The van der Waals surface area contributed by atoms with E-state index < -0.39 is 0 Å². The van der Waals surface area contributed by atoms with Crippen LogP contribution < -0.4 is 4.74 Å². The Bertz CT molecular complexity index is 854. The molecule has 1 saturated heterocycles. The lowest BCUT2D eigenvalue weighted by atomic mass is 9.97. The number of rotatable bonds is 6. The topological polar surface area (TPSA) is 63.1 Å². The van der Waals surface area contributed by atoms with Crippen molar-refractivity contribution >= 4 is 24.2 Å². The van der Waals surface area contributed by atoms with Gasteiger partial charge in [-0.15, -0.1) is 0 Å². The zero-order valence-corrected chi connectivity index (χ0v) is 16.7. The van der Waals surface area contributed by atoms with E-state index in [9.17, 15) is 4.79 Å². The van der Waals surface area contributed by atoms with Gasteiger partial charge >= 0.3 is 0 Å². The molecule has 1 atom stereocenters. The lowest BCUT2D eigenvalue weighted by Gasteiger charge is -2.31. The van der Waals surface area contributed by atoms with Gasteiger partial charge in [0, 0.05) is 32.1 Å². The number of hydrogen-bond donors (Lipinski definition) is 1. The van der Waals surface area contributed by atoms with Crippen LogP contribution >= 0.6 is 12.2 Å². The molecule has 3 rings (SSSR count). The summed E-state index contributed by atoms with van der Waals surface area (Å²) in [5, 5.41) is 7.16. The van der Waals surface area contributed by atoms with Crippen LogP contribution in [-0.2, 0) is 11.8 Å². The van der Waals surface area contributed by atoms with E-state index >= 15 is 0 Å². The van der Waals surface area contributed by atoms with Gasteiger partial charge in [-0.1, -0.05) is 19.1 Å². The van der Waals surface area contributed by atoms with Crippen LogP contribution in [0.25, 0.3) is 6.08 Å². The number of piperidine rings is 1. The van der Waals surface area contributed by atoms with Gasteiger partial charge in [-0.2, -0.15) is 5.10 Å². The van der Waals surface area contributed by atoms with E-state index in [4.69, 9.17) is 17.0 Å². The van der Waals surface area contributed by atoms with E-state index in [1.165, 1.54) is 0 Å². The van der Waals surface area contributed by atoms with Crippen molar-refractivity contribution in [2.24, 2.45) is 7.05 Å². The van der Waals surface area contributed by atoms with E-state index in [2.05, 4.69) is 17.1 Å². The number of hydrogen-bond acceptors (Lipinski definition) is 4. The number of nitrogens with zero attached hydrogens (tertiary/aromatic N) is 3. The maximum absolute atomic E-state index is 12.6. The molecule has 1 amide bonds. The molecule has 2 heterocycles. The molecule has 1 aromatic carbocycles. The van der Waals surface area contributed by atoms with Crippen LogP contribution in [0.1, 0.15) is 43.5 Å². The molecule has 0 radical (unpaired) electrons. The number of likely N-dealkylation sites (tertiary alicyclic amines) is 1. The van der Waals surface area contributed by atoms with Crippen molar-refractivity contribution in [3.8, 4) is 5.75 Å². The second-order valence-corrected chi connectivity index (χ2v) is 7.21. The van der Waals surface area contributed by atoms with Crippen molar-refractivity contribution in [2.45, 2.75) is 32.1 Å². The minimum Gasteiger partial charge on any atom is -0.494 e. The lowest BCUT2D eigenvalue weighted by molar-refractivity contribution is -0.127. The van der Waals surface area contributed by atoms with Crippen molar-refractivity contribution in [2.75, 3.05) is 19.7 Å². The summed E-state index contributed by atoms with van der Waals surface area (Å²) in [6, 6.07) is 7.78. The summed E-state index contributed by atoms with van der Waals surface area (Å²) in [4.78, 5) is 14.5. The quantitative estimate of drug-likeness (QED) is 0.608. The van der Waals surface area contributed by atoms with Gasteiger partial charge in [-0.3, -0.25) is 9.89 Å². The van der Waals surface area contributed by atoms with Crippen LogP contribution in [0, 0.1) is 4.77 Å². The highest BCUT2D eigenvalue weighted by atomic mass is 32.1. The molecule has 1 aliphatic rings. The third kappa shape index (κ3) is 4.86. The zero-order valence-electron chi connectivity index (χ0n) is 15.9. The Balaban J connectivity index is 1.60. The average molecular weight is 387 g/mol. The molecule has 2 aromatic rings. The molecule has 6 nitrogen and oxygen atoms in total. The number of aromatic amines is 1. The number of carbonyl (C=O) groups is 1. The van der Waals surface area contributed by atoms with Gasteiger partial charge < -0.3 is 14.2 Å². The molecule has 144 valence electrons. The predicted octanol–water partition coefficient (Wildman–Crippen LogP) is 3.69. The summed E-state index contributed by atoms with van der Waals surface area (Å²) in [6.07, 6.45) is 6.46. The van der Waals surface area contributed by atoms with Crippen LogP contribution in [0.5, 0.6) is 5.75 Å². The third-order valence-corrected chi connectivity index (χ3v) is 5.15. The zero-order chi connectivity index (χ0) is 19.2. The maximum Gasteiger partial charge on any atom is 0.246 e. The van der Waals surface area contributed by atoms with Crippen molar-refractivity contribution in [3.63, 3.8) is 0 Å². The molecule has 0 aliphatic carbocycles. The van der Waals surface area contributed by atoms with Crippen molar-refractivity contribution in [1.82, 2.24) is 19.7 Å². The fourth-order valence-corrected chi connectivity index (χ4v) is 3.42. The van der Waals surface area contributed by atoms with Gasteiger partial charge in [0.15, 0.2) is 4.77 Å². The van der Waals surface area contributed by atoms with Gasteiger partial charge in [0.2, 0.25) is 5.91 Å². The summed E-state index contributed by atoms with van der Waals surface area (Å²) in [5.41, 5.74) is 0.982. The van der Waals surface area contributed by atoms with E-state index in [-0.39, 0.29) is 11.8 Å². The highest BCUT2D eigenvalue weighted by molar-refractivity contribution is 7.71. The summed E-state index contributed by atoms with van der Waals surface area (Å²) in [5.74, 6) is 2.02. The van der Waals surface area contributed by atoms with Crippen molar-refractivity contribution < 1.29 is 9.53 Å². The van der Waals surface area contributed by atoms with Crippen LogP contribution in [0.4, 0.5) is 0 Å². The fourth-order valence-electron chi connectivity index (χ4n) is 3.28. The number of ether oxygens (including phenoxy) is 1. The van der Waals surface area contributed by atoms with E-state index in [1.54, 1.807) is 6.08 Å². The van der Waals surface area contributed by atoms with Crippen LogP contribution in [0.2, 0.25) is 0 Å². The molecule has 1 unspecified atom stereocenters. The van der Waals surface area contributed by atoms with Crippen LogP contribution in [0.15, 0.2) is 30.3 Å². The molecule has 0 bridgehead atoms. The van der Waals surface area contributed by atoms with Gasteiger partial charge in [-0.25, -0.2) is 0 Å². The number of carbonyl (C=O) groups excluding carboxylic acids is 1. The number of nitrogens with one attached hydrogen (secondary N) is 1. The van der Waals surface area contributed by atoms with Gasteiger partial charge in [0.1, 0.15) is 11.6 Å². The van der Waals surface area contributed by atoms with Crippen molar-refractivity contribution in [3.05, 3.63) is 46.5 Å². The monoisotopic (exact) mass is 386 g/mol. The Morgan fingerprint density at radius 3 is 2.85 bits per heavy atom. The molecule has 0 saturated carbocycles. The molecule has 7 heteroatoms. The Hall–Kier alpha value is -2.41. The van der Waals surface area contributed by atoms with Crippen molar-refractivity contribution in [1.29, 1.82) is 0 Å². The smallest absolute Gasteiger partial charge is 0.246 e. The second kappa shape index (κ2) is 8.99. The minimum absolute atomic E-state index is 0.0304. The third-order valence-electron chi connectivity index (χ3n) is 4.78. The Labute approximate surface area is 164 Å². The first-order valence-corrected chi connectivity index (χ1v) is 9.80. The normalized spacial score (nSPS) is 17.4. The summed E-state index contributed by atoms with van der Waals surface area (Å²) >= 11 is 5.20. The first kappa shape index (κ1) is 19.4. The van der Waals surface area contributed by atoms with Gasteiger partial charge in [0.25, 0.3) is 0 Å². The minimum atomic E-state index is 0.0304. The highest BCUT2D eigenvalue weighted by Crippen LogP contribution is 2.25. The number of H-pyrrole nitrogens is 1. The van der Waals surface area contributed by atoms with Crippen LogP contribution in [0.3, 0.4) is 0 Å². The summed E-state index contributed by atoms with van der Waals surface area (Å²) in [6.45, 7) is 4.24. The first-order valence-electron chi connectivity index (χ1n) is 9.39. The maximum atomic E-state index is 12.6. The highest BCUT2D eigenvalue weighted by Gasteiger charge is 2.26. The Morgan fingerprint density at radius 1 is 1.41 bits per heavy atom. The van der Waals surface area contributed by atoms with E-state index in [0.717, 1.165) is 42.9 Å². The molecule has 27 heavy (non-hydrogen) atoms. The molecule has 1 fully saturated rings. The standard InChI is InChI=1S/C20H26N4O2S/c1-3-13-26-17-9-6-15(7-10-17)8-11-18(25)24-12-4-5-16(14-24)19-21-22-20(27)23(19)2/h6-11,16H,3-5,12-14H2,1-2H3,(H,22,27). The Morgan fingerprint density at radius 2 is 2.19 bits per heavy atom. The van der Waals surface area contributed by atoms with Gasteiger partial charge in [0.05, 0.1) is 6.61 Å². The lowest BCUT2D eigenvalue weighted by Crippen LogP contribution is -2.38. The number of amides is 1. The molecule has 1 N–H and O–H groups in total. The fraction of sp³-hybridized carbons (Fsp3) is 0.450. The SMILES string of the molecule is CCCOc1ccc(C=CC(=O)N2CCCC(c3n[nH]c(=S)n3C)C2)cc1. The molecule has 1 aromatic heterocycles. The molecular weight excluding hydrogens is 360 g/mol. The van der Waals surface area contributed by atoms with E-state index in [0.29, 0.717) is 17.9 Å². The Kier molecular flexibility index (Phi) is 6.45. The van der Waals surface area contributed by atoms with Gasteiger partial charge in [-0.05, 0) is 55.3 Å².